The number of hydrogen-bond donors (Lipinski definition) is 1. The maximum absolute atomic E-state index is 11.9. The first-order chi connectivity index (χ1) is 9.13. The molecule has 1 aromatic rings. The topological polar surface area (TPSA) is 47.6 Å². The molecule has 1 N–H and O–H groups in total. The van der Waals surface area contributed by atoms with Gasteiger partial charge in [0, 0.05) is 30.3 Å². The quantitative estimate of drug-likeness (QED) is 0.745. The van der Waals surface area contributed by atoms with Gasteiger partial charge in [-0.05, 0) is 37.1 Å². The van der Waals surface area contributed by atoms with Crippen LogP contribution < -0.4 is 5.32 Å². The van der Waals surface area contributed by atoms with E-state index in [1.165, 1.54) is 0 Å². The van der Waals surface area contributed by atoms with E-state index in [0.29, 0.717) is 31.9 Å². The molecule has 4 nitrogen and oxygen atoms in total. The number of halogens is 1. The van der Waals surface area contributed by atoms with Crippen molar-refractivity contribution in [1.29, 1.82) is 0 Å². The van der Waals surface area contributed by atoms with E-state index in [1.807, 2.05) is 25.1 Å². The minimum absolute atomic E-state index is 0.0544. The Labute approximate surface area is 122 Å². The van der Waals surface area contributed by atoms with Crippen molar-refractivity contribution >= 4 is 21.8 Å². The number of amides is 1. The molecule has 5 heteroatoms. The first kappa shape index (κ1) is 16.1. The van der Waals surface area contributed by atoms with Crippen molar-refractivity contribution in [2.24, 2.45) is 0 Å². The van der Waals surface area contributed by atoms with Crippen molar-refractivity contribution in [3.05, 3.63) is 33.8 Å². The molecule has 0 aromatic heterocycles. The van der Waals surface area contributed by atoms with Crippen molar-refractivity contribution < 1.29 is 14.3 Å². The smallest absolute Gasteiger partial charge is 0.251 e. The Morgan fingerprint density at radius 3 is 2.74 bits per heavy atom. The van der Waals surface area contributed by atoms with Crippen LogP contribution in [0, 0.1) is 6.92 Å². The van der Waals surface area contributed by atoms with Crippen LogP contribution in [0.1, 0.15) is 22.3 Å². The molecule has 0 heterocycles. The van der Waals surface area contributed by atoms with Crippen LogP contribution in [-0.4, -0.2) is 39.4 Å². The summed E-state index contributed by atoms with van der Waals surface area (Å²) >= 11 is 3.39. The van der Waals surface area contributed by atoms with Gasteiger partial charge in [0.2, 0.25) is 0 Å². The molecule has 0 spiro atoms. The molecule has 0 aliphatic rings. The molecule has 0 atom stereocenters. The van der Waals surface area contributed by atoms with Crippen LogP contribution in [0.15, 0.2) is 22.7 Å². The predicted octanol–water partition coefficient (Wildman–Crippen LogP) is 2.54. The zero-order valence-corrected chi connectivity index (χ0v) is 13.0. The number of hydrogen-bond acceptors (Lipinski definition) is 3. The van der Waals surface area contributed by atoms with Gasteiger partial charge in [0.1, 0.15) is 0 Å². The standard InChI is InChI=1S/C14H20BrNO3/c1-11-8-12(10-13(15)9-11)14(17)16-4-3-5-19-7-6-18-2/h8-10H,3-7H2,1-2H3,(H,16,17). The van der Waals surface area contributed by atoms with E-state index in [0.717, 1.165) is 16.5 Å². The van der Waals surface area contributed by atoms with Gasteiger partial charge in [-0.3, -0.25) is 4.79 Å². The van der Waals surface area contributed by atoms with E-state index in [4.69, 9.17) is 9.47 Å². The zero-order chi connectivity index (χ0) is 14.1. The monoisotopic (exact) mass is 329 g/mol. The molecule has 106 valence electrons. The number of ether oxygens (including phenoxy) is 2. The van der Waals surface area contributed by atoms with Crippen molar-refractivity contribution in [3.63, 3.8) is 0 Å². The van der Waals surface area contributed by atoms with Gasteiger partial charge in [0.05, 0.1) is 13.2 Å². The summed E-state index contributed by atoms with van der Waals surface area (Å²) in [6, 6.07) is 5.66. The molecule has 0 aliphatic heterocycles. The van der Waals surface area contributed by atoms with Gasteiger partial charge in [0.15, 0.2) is 0 Å². The maximum Gasteiger partial charge on any atom is 0.251 e. The summed E-state index contributed by atoms with van der Waals surface area (Å²) in [7, 11) is 1.64. The van der Waals surface area contributed by atoms with E-state index in [-0.39, 0.29) is 5.91 Å². The second-order valence-electron chi connectivity index (χ2n) is 4.23. The highest BCUT2D eigenvalue weighted by atomic mass is 79.9. The summed E-state index contributed by atoms with van der Waals surface area (Å²) in [6.07, 6.45) is 0.794. The normalized spacial score (nSPS) is 10.5. The molecule has 0 bridgehead atoms. The number of rotatable bonds is 8. The van der Waals surface area contributed by atoms with E-state index in [9.17, 15) is 4.79 Å². The molecule has 0 fully saturated rings. The Balaban J connectivity index is 2.24. The number of nitrogens with one attached hydrogen (secondary N) is 1. The largest absolute Gasteiger partial charge is 0.382 e. The minimum atomic E-state index is -0.0544. The lowest BCUT2D eigenvalue weighted by Gasteiger charge is -2.07. The molecule has 19 heavy (non-hydrogen) atoms. The van der Waals surface area contributed by atoms with Crippen LogP contribution in [0.25, 0.3) is 0 Å². The lowest BCUT2D eigenvalue weighted by molar-refractivity contribution is 0.0688. The molecular formula is C14H20BrNO3. The van der Waals surface area contributed by atoms with Crippen LogP contribution in [0.3, 0.4) is 0 Å². The number of methoxy groups -OCH3 is 1. The SMILES string of the molecule is COCCOCCCNC(=O)c1cc(C)cc(Br)c1. The maximum atomic E-state index is 11.9. The third-order valence-electron chi connectivity index (χ3n) is 2.49. The third-order valence-corrected chi connectivity index (χ3v) is 2.94. The van der Waals surface area contributed by atoms with E-state index in [2.05, 4.69) is 21.2 Å². The molecule has 1 amide bonds. The van der Waals surface area contributed by atoms with Gasteiger partial charge in [-0.25, -0.2) is 0 Å². The second-order valence-corrected chi connectivity index (χ2v) is 5.15. The summed E-state index contributed by atoms with van der Waals surface area (Å²) in [5.74, 6) is -0.0544. The fourth-order valence-corrected chi connectivity index (χ4v) is 2.20. The average Bonchev–Trinajstić information content (AvgIpc) is 2.36. The van der Waals surface area contributed by atoms with Gasteiger partial charge in [-0.15, -0.1) is 0 Å². The second kappa shape index (κ2) is 9.07. The summed E-state index contributed by atoms with van der Waals surface area (Å²) in [5, 5.41) is 2.87. The van der Waals surface area contributed by atoms with Crippen molar-refractivity contribution in [2.45, 2.75) is 13.3 Å². The van der Waals surface area contributed by atoms with Crippen LogP contribution in [-0.2, 0) is 9.47 Å². The number of benzene rings is 1. The van der Waals surface area contributed by atoms with Crippen molar-refractivity contribution in [2.75, 3.05) is 33.5 Å². The molecule has 0 aliphatic carbocycles. The third kappa shape index (κ3) is 6.71. The first-order valence-electron chi connectivity index (χ1n) is 6.25. The minimum Gasteiger partial charge on any atom is -0.382 e. The van der Waals surface area contributed by atoms with Gasteiger partial charge < -0.3 is 14.8 Å². The van der Waals surface area contributed by atoms with E-state index in [1.54, 1.807) is 7.11 Å². The molecule has 0 radical (unpaired) electrons. The Bertz CT molecular complexity index is 389. The number of carbonyl (C=O) groups excluding carboxylic acids is 1. The molecule has 0 saturated heterocycles. The van der Waals surface area contributed by atoms with Crippen LogP contribution in [0.5, 0.6) is 0 Å². The summed E-state index contributed by atoms with van der Waals surface area (Å²) in [5.41, 5.74) is 1.73. The van der Waals surface area contributed by atoms with Gasteiger partial charge in [-0.2, -0.15) is 0 Å². The van der Waals surface area contributed by atoms with Crippen LogP contribution in [0.2, 0.25) is 0 Å². The predicted molar refractivity (Wildman–Crippen MR) is 78.5 cm³/mol. The van der Waals surface area contributed by atoms with Crippen LogP contribution >= 0.6 is 15.9 Å². The van der Waals surface area contributed by atoms with Crippen LogP contribution in [0.4, 0.5) is 0 Å². The lowest BCUT2D eigenvalue weighted by Crippen LogP contribution is -2.25. The molecule has 0 saturated carbocycles. The summed E-state index contributed by atoms with van der Waals surface area (Å²) in [4.78, 5) is 11.9. The van der Waals surface area contributed by atoms with E-state index >= 15 is 0 Å². The first-order valence-corrected chi connectivity index (χ1v) is 7.05. The highest BCUT2D eigenvalue weighted by molar-refractivity contribution is 9.10. The Morgan fingerprint density at radius 2 is 2.05 bits per heavy atom. The van der Waals surface area contributed by atoms with Gasteiger partial charge in [-0.1, -0.05) is 15.9 Å². The molecule has 1 rings (SSSR count). The molecule has 0 unspecified atom stereocenters. The van der Waals surface area contributed by atoms with Crippen molar-refractivity contribution in [3.8, 4) is 0 Å². The lowest BCUT2D eigenvalue weighted by atomic mass is 10.1. The number of carbonyl (C=O) groups is 1. The molecular weight excluding hydrogens is 310 g/mol. The Morgan fingerprint density at radius 1 is 1.26 bits per heavy atom. The number of aryl methyl sites for hydroxylation is 1. The fraction of sp³-hybridized carbons (Fsp3) is 0.500. The molecule has 1 aromatic carbocycles. The van der Waals surface area contributed by atoms with Gasteiger partial charge in [0.25, 0.3) is 5.91 Å². The zero-order valence-electron chi connectivity index (χ0n) is 11.4. The fourth-order valence-electron chi connectivity index (χ4n) is 1.59. The summed E-state index contributed by atoms with van der Waals surface area (Å²) < 4.78 is 11.1. The van der Waals surface area contributed by atoms with Crippen molar-refractivity contribution in [1.82, 2.24) is 5.32 Å². The summed E-state index contributed by atoms with van der Waals surface area (Å²) in [6.45, 7) is 4.39. The highest BCUT2D eigenvalue weighted by Crippen LogP contribution is 2.15. The average molecular weight is 330 g/mol. The van der Waals surface area contributed by atoms with Gasteiger partial charge >= 0.3 is 0 Å². The Hall–Kier alpha value is -0.910. The van der Waals surface area contributed by atoms with E-state index < -0.39 is 0 Å². The Kier molecular flexibility index (Phi) is 7.70. The highest BCUT2D eigenvalue weighted by Gasteiger charge is 2.06.